The van der Waals surface area contributed by atoms with Gasteiger partial charge >= 0.3 is 10.2 Å². The number of anilines is 1. The average Bonchev–Trinajstić information content (AvgIpc) is 3.04. The Kier molecular flexibility index (Phi) is 5.38. The summed E-state index contributed by atoms with van der Waals surface area (Å²) in [6, 6.07) is 6.33. The van der Waals surface area contributed by atoms with Gasteiger partial charge in [0.15, 0.2) is 5.78 Å². The lowest BCUT2D eigenvalue weighted by molar-refractivity contribution is -0.113. The topological polar surface area (TPSA) is 114 Å². The first-order valence-electron chi connectivity index (χ1n) is 8.89. The number of aryl methyl sites for hydroxylation is 1. The van der Waals surface area contributed by atoms with E-state index in [1.54, 1.807) is 28.9 Å². The van der Waals surface area contributed by atoms with Crippen molar-refractivity contribution in [2.45, 2.75) is 27.3 Å². The van der Waals surface area contributed by atoms with Crippen LogP contribution in [0.5, 0.6) is 0 Å². The van der Waals surface area contributed by atoms with Gasteiger partial charge in [0.1, 0.15) is 5.70 Å². The minimum absolute atomic E-state index is 0.0747. The molecule has 0 spiro atoms. The number of likely N-dealkylation sites (N-methyl/N-ethyl adjacent to an activating group) is 1. The molecular weight excluding hydrogens is 394 g/mol. The molecule has 0 saturated heterocycles. The van der Waals surface area contributed by atoms with E-state index in [0.717, 1.165) is 10.00 Å². The Labute approximate surface area is 168 Å². The second-order valence-corrected chi connectivity index (χ2v) is 8.12. The zero-order valence-electron chi connectivity index (χ0n) is 16.5. The summed E-state index contributed by atoms with van der Waals surface area (Å²) in [6.45, 7) is 5.80. The molecule has 0 fully saturated rings. The van der Waals surface area contributed by atoms with Crippen LogP contribution >= 0.6 is 0 Å². The molecule has 1 aromatic heterocycles. The number of ketones is 1. The Morgan fingerprint density at radius 2 is 1.83 bits per heavy atom. The Hall–Kier alpha value is -3.27. The molecule has 0 aliphatic carbocycles. The number of hydrogen-bond donors (Lipinski definition) is 1. The van der Waals surface area contributed by atoms with Crippen LogP contribution in [0.25, 0.3) is 0 Å². The molecule has 152 valence electrons. The summed E-state index contributed by atoms with van der Waals surface area (Å²) in [5.41, 5.74) is 2.32. The lowest BCUT2D eigenvalue weighted by atomic mass is 10.1. The molecule has 0 bridgehead atoms. The van der Waals surface area contributed by atoms with Crippen molar-refractivity contribution in [1.29, 1.82) is 0 Å². The molecular formula is C19H21N5O4S. The Morgan fingerprint density at radius 1 is 1.17 bits per heavy atom. The number of aromatic nitrogens is 2. The number of amides is 1. The first kappa shape index (κ1) is 20.5. The SMILES string of the molecule is CCn1ncc(C2=NS(=O)(=O)N(C)C(C(=O)Nc3ccc(C(C)=O)cc3)=C2)c1C. The van der Waals surface area contributed by atoms with Crippen molar-refractivity contribution < 1.29 is 18.0 Å². The third-order valence-electron chi connectivity index (χ3n) is 4.63. The smallest absolute Gasteiger partial charge is 0.321 e. The van der Waals surface area contributed by atoms with Crippen LogP contribution in [-0.2, 0) is 21.5 Å². The molecule has 1 N–H and O–H groups in total. The van der Waals surface area contributed by atoms with Crippen LogP contribution in [-0.4, -0.2) is 47.0 Å². The van der Waals surface area contributed by atoms with Gasteiger partial charge in [0, 0.05) is 36.1 Å². The van der Waals surface area contributed by atoms with Crippen molar-refractivity contribution >= 4 is 33.3 Å². The normalized spacial score (nSPS) is 15.5. The number of hydrogen-bond acceptors (Lipinski definition) is 5. The van der Waals surface area contributed by atoms with E-state index in [9.17, 15) is 18.0 Å². The quantitative estimate of drug-likeness (QED) is 0.750. The van der Waals surface area contributed by atoms with Gasteiger partial charge in [-0.05, 0) is 51.1 Å². The predicted molar refractivity (Wildman–Crippen MR) is 109 cm³/mol. The van der Waals surface area contributed by atoms with E-state index in [1.807, 2.05) is 13.8 Å². The summed E-state index contributed by atoms with van der Waals surface area (Å²) in [7, 11) is -2.80. The molecule has 1 aromatic carbocycles. The molecule has 1 aliphatic heterocycles. The van der Waals surface area contributed by atoms with Gasteiger partial charge < -0.3 is 5.32 Å². The van der Waals surface area contributed by atoms with Crippen LogP contribution in [0.1, 0.15) is 35.5 Å². The van der Waals surface area contributed by atoms with Gasteiger partial charge in [-0.15, -0.1) is 4.40 Å². The highest BCUT2D eigenvalue weighted by Crippen LogP contribution is 2.22. The van der Waals surface area contributed by atoms with E-state index in [0.29, 0.717) is 23.4 Å². The lowest BCUT2D eigenvalue weighted by Gasteiger charge is -2.23. The number of carbonyl (C=O) groups excluding carboxylic acids is 2. The third kappa shape index (κ3) is 3.97. The number of rotatable bonds is 5. The van der Waals surface area contributed by atoms with E-state index < -0.39 is 16.1 Å². The van der Waals surface area contributed by atoms with Crippen LogP contribution in [0.3, 0.4) is 0 Å². The molecule has 29 heavy (non-hydrogen) atoms. The number of Topliss-reactive ketones (excluding diaryl/α,β-unsaturated/α-hetero) is 1. The molecule has 0 radical (unpaired) electrons. The second kappa shape index (κ2) is 7.63. The zero-order chi connectivity index (χ0) is 21.3. The first-order chi connectivity index (χ1) is 13.6. The monoisotopic (exact) mass is 415 g/mol. The van der Waals surface area contributed by atoms with Crippen molar-refractivity contribution in [3.05, 3.63) is 59.1 Å². The Bertz CT molecular complexity index is 1140. The maximum absolute atomic E-state index is 12.8. The largest absolute Gasteiger partial charge is 0.345 e. The van der Waals surface area contributed by atoms with Gasteiger partial charge in [-0.1, -0.05) is 0 Å². The molecule has 0 unspecified atom stereocenters. The van der Waals surface area contributed by atoms with Gasteiger partial charge in [0.25, 0.3) is 5.91 Å². The van der Waals surface area contributed by atoms with Crippen LogP contribution in [0.4, 0.5) is 5.69 Å². The fourth-order valence-electron chi connectivity index (χ4n) is 2.89. The van der Waals surface area contributed by atoms with Crippen LogP contribution in [0.15, 0.2) is 46.6 Å². The number of benzene rings is 1. The number of carbonyl (C=O) groups is 2. The summed E-state index contributed by atoms with van der Waals surface area (Å²) < 4.78 is 31.3. The van der Waals surface area contributed by atoms with E-state index in [4.69, 9.17) is 0 Å². The Balaban J connectivity index is 1.94. The molecule has 0 atom stereocenters. The predicted octanol–water partition coefficient (Wildman–Crippen LogP) is 1.92. The molecule has 2 aromatic rings. The molecule has 3 rings (SSSR count). The number of allylic oxidation sites excluding steroid dienone is 1. The average molecular weight is 415 g/mol. The first-order valence-corrected chi connectivity index (χ1v) is 10.3. The maximum atomic E-state index is 12.8. The van der Waals surface area contributed by atoms with Gasteiger partial charge in [-0.2, -0.15) is 13.5 Å². The van der Waals surface area contributed by atoms with Crippen LogP contribution in [0, 0.1) is 6.92 Å². The zero-order valence-corrected chi connectivity index (χ0v) is 17.3. The Morgan fingerprint density at radius 3 is 2.38 bits per heavy atom. The van der Waals surface area contributed by atoms with Gasteiger partial charge in [-0.3, -0.25) is 14.3 Å². The van der Waals surface area contributed by atoms with Crippen molar-refractivity contribution in [1.82, 2.24) is 14.1 Å². The summed E-state index contributed by atoms with van der Waals surface area (Å²) >= 11 is 0. The second-order valence-electron chi connectivity index (χ2n) is 6.50. The van der Waals surface area contributed by atoms with Crippen molar-refractivity contribution in [2.75, 3.05) is 12.4 Å². The van der Waals surface area contributed by atoms with Crippen LogP contribution < -0.4 is 5.32 Å². The molecule has 0 saturated carbocycles. The third-order valence-corrected chi connectivity index (χ3v) is 5.95. The lowest BCUT2D eigenvalue weighted by Crippen LogP contribution is -2.35. The highest BCUT2D eigenvalue weighted by molar-refractivity contribution is 7.88. The molecule has 2 heterocycles. The summed E-state index contributed by atoms with van der Waals surface area (Å²) in [5.74, 6) is -0.702. The summed E-state index contributed by atoms with van der Waals surface area (Å²) in [6.07, 6.45) is 2.95. The molecule has 9 nitrogen and oxygen atoms in total. The maximum Gasteiger partial charge on any atom is 0.345 e. The molecule has 1 aliphatic rings. The fraction of sp³-hybridized carbons (Fsp3) is 0.263. The van der Waals surface area contributed by atoms with Gasteiger partial charge in [0.2, 0.25) is 0 Å². The minimum atomic E-state index is -4.07. The fourth-order valence-corrected chi connectivity index (χ4v) is 3.80. The van der Waals surface area contributed by atoms with Crippen molar-refractivity contribution in [2.24, 2.45) is 4.40 Å². The minimum Gasteiger partial charge on any atom is -0.321 e. The van der Waals surface area contributed by atoms with Gasteiger partial charge in [0.05, 0.1) is 11.9 Å². The van der Waals surface area contributed by atoms with E-state index >= 15 is 0 Å². The van der Waals surface area contributed by atoms with E-state index in [2.05, 4.69) is 14.8 Å². The molecule has 1 amide bonds. The van der Waals surface area contributed by atoms with Crippen molar-refractivity contribution in [3.8, 4) is 0 Å². The van der Waals surface area contributed by atoms with Crippen molar-refractivity contribution in [3.63, 3.8) is 0 Å². The molecule has 10 heteroatoms. The highest BCUT2D eigenvalue weighted by atomic mass is 32.2. The number of nitrogens with zero attached hydrogens (tertiary/aromatic N) is 4. The van der Waals surface area contributed by atoms with Crippen LogP contribution in [0.2, 0.25) is 0 Å². The summed E-state index contributed by atoms with van der Waals surface area (Å²) in [5, 5.41) is 6.85. The standard InChI is InChI=1S/C19H21N5O4S/c1-5-24-12(2)16(11-20-24)17-10-18(23(4)29(27,28)22-17)19(26)21-15-8-6-14(7-9-15)13(3)25/h6-11H,5H2,1-4H3,(H,21,26). The highest BCUT2D eigenvalue weighted by Gasteiger charge is 2.31. The van der Waals surface area contributed by atoms with E-state index in [1.165, 1.54) is 26.2 Å². The van der Waals surface area contributed by atoms with Gasteiger partial charge in [-0.25, -0.2) is 4.31 Å². The number of nitrogens with one attached hydrogen (secondary N) is 1. The van der Waals surface area contributed by atoms with E-state index in [-0.39, 0.29) is 17.2 Å². The summed E-state index contributed by atoms with van der Waals surface area (Å²) in [4.78, 5) is 24.2.